The summed E-state index contributed by atoms with van der Waals surface area (Å²) >= 11 is 0. The molecule has 3 aromatic carbocycles. The third kappa shape index (κ3) is 4.75. The van der Waals surface area contributed by atoms with Gasteiger partial charge in [-0.3, -0.25) is 9.59 Å². The zero-order valence-corrected chi connectivity index (χ0v) is 18.3. The van der Waals surface area contributed by atoms with E-state index in [1.807, 2.05) is 24.3 Å². The topological polar surface area (TPSA) is 70.7 Å². The van der Waals surface area contributed by atoms with Gasteiger partial charge in [0.2, 0.25) is 5.91 Å². The van der Waals surface area contributed by atoms with Crippen molar-refractivity contribution in [2.75, 3.05) is 29.2 Å². The number of hydrogen-bond donors (Lipinski definition) is 2. The molecule has 32 heavy (non-hydrogen) atoms. The minimum Gasteiger partial charge on any atom is -0.495 e. The minimum atomic E-state index is -0.244. The standard InChI is InChI=1S/C26H27N3O3/c1-18-11-12-19-7-3-5-9-23(19)29(18)17-25(30)27-21-15-13-20(14-16-21)26(31)28-22-8-4-6-10-24(22)32-2/h3-10,13-16,18H,11-12,17H2,1-2H3,(H,27,30)(H,28,31). The van der Waals surface area contributed by atoms with Crippen LogP contribution in [-0.4, -0.2) is 31.5 Å². The van der Waals surface area contributed by atoms with E-state index in [9.17, 15) is 9.59 Å². The molecule has 1 aliphatic rings. The van der Waals surface area contributed by atoms with Crippen LogP contribution >= 0.6 is 0 Å². The highest BCUT2D eigenvalue weighted by molar-refractivity contribution is 6.05. The summed E-state index contributed by atoms with van der Waals surface area (Å²) in [6.07, 6.45) is 2.06. The molecule has 2 N–H and O–H groups in total. The van der Waals surface area contributed by atoms with Crippen LogP contribution in [0.2, 0.25) is 0 Å². The third-order valence-electron chi connectivity index (χ3n) is 5.76. The van der Waals surface area contributed by atoms with E-state index >= 15 is 0 Å². The number of nitrogens with zero attached hydrogens (tertiary/aromatic N) is 1. The molecular weight excluding hydrogens is 402 g/mol. The van der Waals surface area contributed by atoms with Crippen molar-refractivity contribution in [3.05, 3.63) is 83.9 Å². The van der Waals surface area contributed by atoms with Crippen molar-refractivity contribution in [2.45, 2.75) is 25.8 Å². The van der Waals surface area contributed by atoms with Crippen molar-refractivity contribution in [2.24, 2.45) is 0 Å². The van der Waals surface area contributed by atoms with Gasteiger partial charge in [0.1, 0.15) is 5.75 Å². The highest BCUT2D eigenvalue weighted by atomic mass is 16.5. The van der Waals surface area contributed by atoms with Gasteiger partial charge in [-0.15, -0.1) is 0 Å². The zero-order chi connectivity index (χ0) is 22.5. The highest BCUT2D eigenvalue weighted by Gasteiger charge is 2.24. The Morgan fingerprint density at radius 1 is 0.969 bits per heavy atom. The number of hydrogen-bond acceptors (Lipinski definition) is 4. The summed E-state index contributed by atoms with van der Waals surface area (Å²) in [7, 11) is 1.56. The van der Waals surface area contributed by atoms with E-state index < -0.39 is 0 Å². The number of aryl methyl sites for hydroxylation is 1. The van der Waals surface area contributed by atoms with Crippen LogP contribution < -0.4 is 20.3 Å². The van der Waals surface area contributed by atoms with Gasteiger partial charge in [-0.1, -0.05) is 30.3 Å². The van der Waals surface area contributed by atoms with Gasteiger partial charge in [0.15, 0.2) is 0 Å². The van der Waals surface area contributed by atoms with E-state index in [0.717, 1.165) is 18.5 Å². The minimum absolute atomic E-state index is 0.0835. The maximum absolute atomic E-state index is 12.7. The van der Waals surface area contributed by atoms with Crippen LogP contribution in [0, 0.1) is 0 Å². The number of carbonyl (C=O) groups excluding carboxylic acids is 2. The van der Waals surface area contributed by atoms with E-state index in [2.05, 4.69) is 34.6 Å². The Morgan fingerprint density at radius 2 is 1.69 bits per heavy atom. The normalized spacial score (nSPS) is 14.9. The predicted octanol–water partition coefficient (Wildman–Crippen LogP) is 4.73. The quantitative estimate of drug-likeness (QED) is 0.594. The van der Waals surface area contributed by atoms with Crippen molar-refractivity contribution in [3.8, 4) is 5.75 Å². The summed E-state index contributed by atoms with van der Waals surface area (Å²) in [6.45, 7) is 2.44. The van der Waals surface area contributed by atoms with Crippen molar-refractivity contribution >= 4 is 28.9 Å². The fraction of sp³-hybridized carbons (Fsp3) is 0.231. The monoisotopic (exact) mass is 429 g/mol. The molecule has 6 heteroatoms. The molecule has 1 atom stereocenters. The van der Waals surface area contributed by atoms with Crippen molar-refractivity contribution < 1.29 is 14.3 Å². The molecule has 1 aliphatic heterocycles. The molecule has 0 spiro atoms. The fourth-order valence-electron chi connectivity index (χ4n) is 4.00. The molecule has 1 unspecified atom stereocenters. The first-order valence-corrected chi connectivity index (χ1v) is 10.7. The van der Waals surface area contributed by atoms with Crippen molar-refractivity contribution in [3.63, 3.8) is 0 Å². The first kappa shape index (κ1) is 21.4. The average molecular weight is 430 g/mol. The maximum Gasteiger partial charge on any atom is 0.255 e. The SMILES string of the molecule is COc1ccccc1NC(=O)c1ccc(NC(=O)CN2c3ccccc3CCC2C)cc1. The van der Waals surface area contributed by atoms with Gasteiger partial charge in [-0.05, 0) is 67.8 Å². The molecule has 0 bridgehead atoms. The number of rotatable bonds is 6. The van der Waals surface area contributed by atoms with Crippen molar-refractivity contribution in [1.29, 1.82) is 0 Å². The van der Waals surface area contributed by atoms with Crippen LogP contribution in [0.25, 0.3) is 0 Å². The van der Waals surface area contributed by atoms with E-state index in [1.165, 1.54) is 5.56 Å². The molecule has 0 aromatic heterocycles. The maximum atomic E-state index is 12.7. The summed E-state index contributed by atoms with van der Waals surface area (Å²) in [4.78, 5) is 27.4. The fourth-order valence-corrected chi connectivity index (χ4v) is 4.00. The van der Waals surface area contributed by atoms with Gasteiger partial charge < -0.3 is 20.3 Å². The zero-order valence-electron chi connectivity index (χ0n) is 18.3. The second-order valence-corrected chi connectivity index (χ2v) is 7.92. The summed E-state index contributed by atoms with van der Waals surface area (Å²) < 4.78 is 5.27. The van der Waals surface area contributed by atoms with E-state index in [4.69, 9.17) is 4.74 Å². The van der Waals surface area contributed by atoms with Gasteiger partial charge in [0.05, 0.1) is 19.3 Å². The van der Waals surface area contributed by atoms with Crippen LogP contribution in [0.4, 0.5) is 17.1 Å². The molecule has 1 heterocycles. The lowest BCUT2D eigenvalue weighted by Crippen LogP contribution is -2.42. The largest absolute Gasteiger partial charge is 0.495 e. The summed E-state index contributed by atoms with van der Waals surface area (Å²) in [5.74, 6) is 0.268. The second kappa shape index (κ2) is 9.56. The molecule has 0 saturated carbocycles. The first-order chi connectivity index (χ1) is 15.5. The lowest BCUT2D eigenvalue weighted by atomic mass is 9.96. The molecule has 3 aromatic rings. The smallest absolute Gasteiger partial charge is 0.255 e. The highest BCUT2D eigenvalue weighted by Crippen LogP contribution is 2.30. The lowest BCUT2D eigenvalue weighted by Gasteiger charge is -2.36. The number of nitrogens with one attached hydrogen (secondary N) is 2. The Bertz CT molecular complexity index is 1110. The number of carbonyl (C=O) groups is 2. The van der Waals surface area contributed by atoms with E-state index in [1.54, 1.807) is 43.5 Å². The molecule has 2 amide bonds. The summed E-state index contributed by atoms with van der Waals surface area (Å²) in [5.41, 5.74) is 4.16. The van der Waals surface area contributed by atoms with Crippen LogP contribution in [0.3, 0.4) is 0 Å². The Balaban J connectivity index is 1.38. The molecular formula is C26H27N3O3. The van der Waals surface area contributed by atoms with Crippen molar-refractivity contribution in [1.82, 2.24) is 0 Å². The van der Waals surface area contributed by atoms with Gasteiger partial charge >= 0.3 is 0 Å². The van der Waals surface area contributed by atoms with Gasteiger partial charge in [-0.25, -0.2) is 0 Å². The Hall–Kier alpha value is -3.80. The number of fused-ring (bicyclic) bond motifs is 1. The average Bonchev–Trinajstić information content (AvgIpc) is 2.81. The van der Waals surface area contributed by atoms with Crippen LogP contribution in [0.1, 0.15) is 29.3 Å². The number of benzene rings is 3. The third-order valence-corrected chi connectivity index (χ3v) is 5.76. The summed E-state index contributed by atoms with van der Waals surface area (Å²) in [6, 6.07) is 22.7. The second-order valence-electron chi connectivity index (χ2n) is 7.92. The molecule has 0 aliphatic carbocycles. The van der Waals surface area contributed by atoms with Crippen LogP contribution in [0.5, 0.6) is 5.75 Å². The molecule has 4 rings (SSSR count). The van der Waals surface area contributed by atoms with Crippen LogP contribution in [0.15, 0.2) is 72.8 Å². The predicted molar refractivity (Wildman–Crippen MR) is 128 cm³/mol. The molecule has 0 fully saturated rings. The lowest BCUT2D eigenvalue weighted by molar-refractivity contribution is -0.115. The first-order valence-electron chi connectivity index (χ1n) is 10.7. The Morgan fingerprint density at radius 3 is 2.47 bits per heavy atom. The molecule has 6 nitrogen and oxygen atoms in total. The molecule has 0 radical (unpaired) electrons. The van der Waals surface area contributed by atoms with Crippen LogP contribution in [-0.2, 0) is 11.2 Å². The number of para-hydroxylation sites is 3. The van der Waals surface area contributed by atoms with Gasteiger partial charge in [-0.2, -0.15) is 0 Å². The number of methoxy groups -OCH3 is 1. The summed E-state index contributed by atoms with van der Waals surface area (Å²) in [5, 5.41) is 5.79. The Labute approximate surface area is 188 Å². The van der Waals surface area contributed by atoms with Gasteiger partial charge in [0.25, 0.3) is 5.91 Å². The molecule has 0 saturated heterocycles. The van der Waals surface area contributed by atoms with E-state index in [0.29, 0.717) is 28.7 Å². The number of anilines is 3. The number of ether oxygens (including phenoxy) is 1. The Kier molecular flexibility index (Phi) is 6.40. The molecule has 164 valence electrons. The van der Waals surface area contributed by atoms with E-state index in [-0.39, 0.29) is 18.4 Å². The number of amides is 2. The van der Waals surface area contributed by atoms with Gasteiger partial charge in [0, 0.05) is 23.0 Å².